The van der Waals surface area contributed by atoms with Crippen molar-refractivity contribution in [1.82, 2.24) is 24.2 Å². The van der Waals surface area contributed by atoms with E-state index >= 15 is 0 Å². The van der Waals surface area contributed by atoms with E-state index in [4.69, 9.17) is 4.98 Å². The molecule has 8 heteroatoms. The predicted molar refractivity (Wildman–Crippen MR) is 131 cm³/mol. The van der Waals surface area contributed by atoms with Gasteiger partial charge in [0, 0.05) is 24.8 Å². The highest BCUT2D eigenvalue weighted by Gasteiger charge is 2.32. The molecule has 1 saturated carbocycles. The summed E-state index contributed by atoms with van der Waals surface area (Å²) in [5.41, 5.74) is 3.66. The van der Waals surface area contributed by atoms with Gasteiger partial charge in [-0.1, -0.05) is 48.7 Å². The number of thioether (sulfide) groups is 1. The molecule has 0 spiro atoms. The maximum Gasteiger partial charge on any atom is 0.265 e. The number of amides is 1. The van der Waals surface area contributed by atoms with Gasteiger partial charge in [0.2, 0.25) is 5.91 Å². The van der Waals surface area contributed by atoms with Crippen molar-refractivity contribution in [3.8, 4) is 5.69 Å². The molecule has 2 aliphatic rings. The summed E-state index contributed by atoms with van der Waals surface area (Å²) in [6.45, 7) is 6.88. The quantitative estimate of drug-likeness (QED) is 0.522. The van der Waals surface area contributed by atoms with E-state index in [0.717, 1.165) is 30.6 Å². The van der Waals surface area contributed by atoms with Crippen molar-refractivity contribution in [3.63, 3.8) is 0 Å². The van der Waals surface area contributed by atoms with Crippen molar-refractivity contribution in [3.05, 3.63) is 45.9 Å². The lowest BCUT2D eigenvalue weighted by molar-refractivity contribution is -0.134. The molecule has 33 heavy (non-hydrogen) atoms. The number of rotatable bonds is 5. The van der Waals surface area contributed by atoms with Gasteiger partial charge in [-0.05, 0) is 45.2 Å². The van der Waals surface area contributed by atoms with E-state index in [-0.39, 0.29) is 17.5 Å². The molecule has 0 N–H and O–H groups in total. The summed E-state index contributed by atoms with van der Waals surface area (Å²) in [6.07, 6.45) is 7.80. The third-order valence-corrected chi connectivity index (χ3v) is 8.14. The Labute approximate surface area is 198 Å². The van der Waals surface area contributed by atoms with Crippen LogP contribution in [0.25, 0.3) is 16.7 Å². The summed E-state index contributed by atoms with van der Waals surface area (Å²) >= 11 is 1.56. The lowest BCUT2D eigenvalue weighted by Gasteiger charge is -2.34. The highest BCUT2D eigenvalue weighted by molar-refractivity contribution is 7.99. The summed E-state index contributed by atoms with van der Waals surface area (Å²) in [6, 6.07) is 6.34. The zero-order valence-corrected chi connectivity index (χ0v) is 20.4. The van der Waals surface area contributed by atoms with Gasteiger partial charge in [0.15, 0.2) is 10.8 Å². The van der Waals surface area contributed by atoms with E-state index in [9.17, 15) is 9.59 Å². The lowest BCUT2D eigenvalue weighted by Crippen LogP contribution is -2.42. The van der Waals surface area contributed by atoms with Gasteiger partial charge in [0.1, 0.15) is 5.39 Å². The van der Waals surface area contributed by atoms with Crippen LogP contribution in [-0.4, -0.2) is 48.5 Å². The summed E-state index contributed by atoms with van der Waals surface area (Å²) in [4.78, 5) is 33.6. The molecule has 1 aromatic carbocycles. The third-order valence-electron chi connectivity index (χ3n) is 7.04. The first kappa shape index (κ1) is 22.2. The number of carbonyl (C=O) groups is 1. The monoisotopic (exact) mass is 465 g/mol. The predicted octanol–water partition coefficient (Wildman–Crippen LogP) is 4.42. The Kier molecular flexibility index (Phi) is 6.03. The number of aryl methyl sites for hydroxylation is 2. The van der Waals surface area contributed by atoms with Gasteiger partial charge in [0.25, 0.3) is 5.56 Å². The maximum absolute atomic E-state index is 13.5. The molecule has 7 nitrogen and oxygen atoms in total. The summed E-state index contributed by atoms with van der Waals surface area (Å²) < 4.78 is 3.49. The second-order valence-corrected chi connectivity index (χ2v) is 10.3. The highest BCUT2D eigenvalue weighted by Crippen LogP contribution is 2.34. The van der Waals surface area contributed by atoms with E-state index in [1.807, 2.05) is 24.0 Å². The van der Waals surface area contributed by atoms with Crippen LogP contribution in [0.5, 0.6) is 0 Å². The van der Waals surface area contributed by atoms with Crippen LogP contribution in [0.3, 0.4) is 0 Å². The molecule has 1 aliphatic heterocycles. The molecule has 1 fully saturated rings. The summed E-state index contributed by atoms with van der Waals surface area (Å²) in [7, 11) is 0. The molecule has 1 amide bonds. The normalized spacial score (nSPS) is 18.6. The van der Waals surface area contributed by atoms with Gasteiger partial charge in [-0.25, -0.2) is 9.67 Å². The molecular formula is C25H31N5O2S. The number of fused-ring (bicyclic) bond motifs is 2. The third kappa shape index (κ3) is 3.98. The minimum absolute atomic E-state index is 0.102. The molecular weight excluding hydrogens is 434 g/mol. The molecule has 1 unspecified atom stereocenters. The number of aromatic nitrogens is 4. The molecule has 0 saturated heterocycles. The maximum atomic E-state index is 13.5. The van der Waals surface area contributed by atoms with Crippen LogP contribution in [0, 0.1) is 13.8 Å². The van der Waals surface area contributed by atoms with E-state index in [1.54, 1.807) is 27.2 Å². The van der Waals surface area contributed by atoms with Crippen LogP contribution in [0.4, 0.5) is 0 Å². The van der Waals surface area contributed by atoms with Gasteiger partial charge in [0.05, 0.1) is 17.9 Å². The molecule has 174 valence electrons. The lowest BCUT2D eigenvalue weighted by atomic mass is 9.94. The van der Waals surface area contributed by atoms with Crippen LogP contribution in [-0.2, 0) is 4.79 Å². The Balaban J connectivity index is 1.45. The fraction of sp³-hybridized carbons (Fsp3) is 0.520. The molecule has 0 radical (unpaired) electrons. The fourth-order valence-electron chi connectivity index (χ4n) is 5.35. The van der Waals surface area contributed by atoms with Gasteiger partial charge >= 0.3 is 0 Å². The Morgan fingerprint density at radius 3 is 2.73 bits per heavy atom. The number of hydrogen-bond donors (Lipinski definition) is 0. The largest absolute Gasteiger partial charge is 0.340 e. The van der Waals surface area contributed by atoms with Crippen LogP contribution in [0.15, 0.2) is 34.3 Å². The standard InChI is InChI=1S/C25H31N5O2S/c1-4-28(18-8-6-5-7-9-18)22(31)13-19-15-33-25-27-23-20(24(32)29(19)25)14-26-30(23)21-11-10-16(2)12-17(21)3/h10-12,14,18-19H,4-9,13,15H2,1-3H3. The average Bonchev–Trinajstić information content (AvgIpc) is 3.40. The second-order valence-electron chi connectivity index (χ2n) is 9.29. The highest BCUT2D eigenvalue weighted by atomic mass is 32.2. The first-order valence-electron chi connectivity index (χ1n) is 12.0. The number of benzene rings is 1. The second kappa shape index (κ2) is 8.97. The van der Waals surface area contributed by atoms with Gasteiger partial charge in [-0.15, -0.1) is 0 Å². The van der Waals surface area contributed by atoms with Crippen molar-refractivity contribution in [2.75, 3.05) is 12.3 Å². The van der Waals surface area contributed by atoms with Crippen molar-refractivity contribution >= 4 is 28.7 Å². The number of nitrogens with zero attached hydrogens (tertiary/aromatic N) is 5. The van der Waals surface area contributed by atoms with E-state index in [0.29, 0.717) is 34.4 Å². The van der Waals surface area contributed by atoms with E-state index in [2.05, 4.69) is 25.0 Å². The Morgan fingerprint density at radius 1 is 1.21 bits per heavy atom. The molecule has 3 heterocycles. The first-order chi connectivity index (χ1) is 16.0. The summed E-state index contributed by atoms with van der Waals surface area (Å²) in [5, 5.41) is 5.68. The topological polar surface area (TPSA) is 73.0 Å². The van der Waals surface area contributed by atoms with Crippen LogP contribution >= 0.6 is 11.8 Å². The fourth-order valence-corrected chi connectivity index (χ4v) is 6.48. The molecule has 5 rings (SSSR count). The molecule has 1 aliphatic carbocycles. The van der Waals surface area contributed by atoms with Crippen LogP contribution < -0.4 is 5.56 Å². The Bertz CT molecular complexity index is 1260. The van der Waals surface area contributed by atoms with Crippen LogP contribution in [0.2, 0.25) is 0 Å². The SMILES string of the molecule is CCN(C(=O)CC1CSc2nc3c(cnn3-c3ccc(C)cc3C)c(=O)n21)C1CCCCC1. The molecule has 1 atom stereocenters. The summed E-state index contributed by atoms with van der Waals surface area (Å²) in [5.74, 6) is 0.848. The van der Waals surface area contributed by atoms with E-state index in [1.165, 1.54) is 24.8 Å². The number of hydrogen-bond acceptors (Lipinski definition) is 5. The van der Waals surface area contributed by atoms with Gasteiger partial charge in [-0.3, -0.25) is 14.2 Å². The van der Waals surface area contributed by atoms with Gasteiger partial charge in [-0.2, -0.15) is 5.10 Å². The molecule has 0 bridgehead atoms. The minimum Gasteiger partial charge on any atom is -0.340 e. The zero-order valence-electron chi connectivity index (χ0n) is 19.6. The van der Waals surface area contributed by atoms with E-state index < -0.39 is 0 Å². The Morgan fingerprint density at radius 2 is 2.00 bits per heavy atom. The molecule has 3 aromatic rings. The van der Waals surface area contributed by atoms with Crippen LogP contribution in [0.1, 0.15) is 62.6 Å². The first-order valence-corrected chi connectivity index (χ1v) is 13.0. The average molecular weight is 466 g/mol. The Hall–Kier alpha value is -2.61. The van der Waals surface area contributed by atoms with Gasteiger partial charge < -0.3 is 4.90 Å². The van der Waals surface area contributed by atoms with Crippen molar-refractivity contribution in [2.45, 2.75) is 76.5 Å². The van der Waals surface area contributed by atoms with Crippen molar-refractivity contribution in [2.24, 2.45) is 0 Å². The van der Waals surface area contributed by atoms with Crippen molar-refractivity contribution in [1.29, 1.82) is 0 Å². The smallest absolute Gasteiger partial charge is 0.265 e. The molecule has 2 aromatic heterocycles. The zero-order chi connectivity index (χ0) is 23.1. The van der Waals surface area contributed by atoms with Crippen molar-refractivity contribution < 1.29 is 4.79 Å². The minimum atomic E-state index is -0.163. The number of carbonyl (C=O) groups excluding carboxylic acids is 1.